The van der Waals surface area contributed by atoms with Gasteiger partial charge in [0.1, 0.15) is 5.69 Å². The van der Waals surface area contributed by atoms with E-state index in [2.05, 4.69) is 20.4 Å². The van der Waals surface area contributed by atoms with Crippen LogP contribution in [0.4, 0.5) is 10.5 Å². The lowest BCUT2D eigenvalue weighted by atomic mass is 9.91. The molecule has 8 heteroatoms. The van der Waals surface area contributed by atoms with Crippen LogP contribution in [0.5, 0.6) is 0 Å². The highest BCUT2D eigenvalue weighted by Gasteiger charge is 2.32. The van der Waals surface area contributed by atoms with Crippen LogP contribution in [0.15, 0.2) is 65.2 Å². The van der Waals surface area contributed by atoms with Crippen molar-refractivity contribution >= 4 is 34.2 Å². The van der Waals surface area contributed by atoms with Gasteiger partial charge in [-0.1, -0.05) is 53.2 Å². The number of pyridine rings is 1. The molecule has 4 aromatic rings. The molecule has 1 aliphatic heterocycles. The Bertz CT molecular complexity index is 1270. The molecule has 7 nitrogen and oxygen atoms in total. The number of benzene rings is 2. The van der Waals surface area contributed by atoms with Gasteiger partial charge in [-0.2, -0.15) is 4.98 Å². The molecule has 162 valence electrons. The average Bonchev–Trinajstić information content (AvgIpc) is 3.30. The summed E-state index contributed by atoms with van der Waals surface area (Å²) < 4.78 is 5.59. The lowest BCUT2D eigenvalue weighted by Gasteiger charge is -2.36. The molecule has 2 amide bonds. The summed E-state index contributed by atoms with van der Waals surface area (Å²) in [6, 6.07) is 18.9. The molecule has 1 aliphatic rings. The number of anilines is 1. The number of carbonyl (C=O) groups excluding carboxylic acids is 1. The number of urea groups is 1. The first-order valence-electron chi connectivity index (χ1n) is 10.6. The Morgan fingerprint density at radius 2 is 1.91 bits per heavy atom. The Kier molecular flexibility index (Phi) is 5.49. The number of carbonyl (C=O) groups is 1. The smallest absolute Gasteiger partial charge is 0.322 e. The second-order valence-corrected chi connectivity index (χ2v) is 8.43. The van der Waals surface area contributed by atoms with E-state index >= 15 is 0 Å². The Balaban J connectivity index is 1.27. The number of aromatic nitrogens is 3. The summed E-state index contributed by atoms with van der Waals surface area (Å²) in [5.74, 6) is 1.17. The zero-order chi connectivity index (χ0) is 22.1. The predicted molar refractivity (Wildman–Crippen MR) is 124 cm³/mol. The van der Waals surface area contributed by atoms with Gasteiger partial charge in [0.25, 0.3) is 0 Å². The number of fused-ring (bicyclic) bond motifs is 1. The van der Waals surface area contributed by atoms with Gasteiger partial charge in [-0.25, -0.2) is 9.78 Å². The number of nitrogens with zero attached hydrogens (tertiary/aromatic N) is 4. The Hall–Kier alpha value is -3.45. The minimum Gasteiger partial charge on any atom is -0.339 e. The molecule has 2 atom stereocenters. The van der Waals surface area contributed by atoms with Crippen molar-refractivity contribution in [1.29, 1.82) is 0 Å². The summed E-state index contributed by atoms with van der Waals surface area (Å²) in [6.07, 6.45) is 1.48. The normalized spacial score (nSPS) is 18.6. The highest BCUT2D eigenvalue weighted by atomic mass is 35.5. The van der Waals surface area contributed by atoms with E-state index in [1.165, 1.54) is 0 Å². The van der Waals surface area contributed by atoms with Crippen LogP contribution in [0.25, 0.3) is 22.4 Å². The van der Waals surface area contributed by atoms with E-state index in [9.17, 15) is 4.79 Å². The number of halogens is 1. The number of amides is 2. The second kappa shape index (κ2) is 8.59. The maximum Gasteiger partial charge on any atom is 0.322 e. The molecule has 32 heavy (non-hydrogen) atoms. The van der Waals surface area contributed by atoms with Crippen LogP contribution in [-0.2, 0) is 0 Å². The molecule has 3 heterocycles. The van der Waals surface area contributed by atoms with Gasteiger partial charge >= 0.3 is 6.03 Å². The van der Waals surface area contributed by atoms with Crippen LogP contribution in [0.2, 0.25) is 5.02 Å². The van der Waals surface area contributed by atoms with E-state index in [1.54, 1.807) is 12.1 Å². The zero-order valence-electron chi connectivity index (χ0n) is 17.5. The van der Waals surface area contributed by atoms with Gasteiger partial charge in [0.2, 0.25) is 11.7 Å². The first-order chi connectivity index (χ1) is 15.6. The molecule has 0 spiro atoms. The van der Waals surface area contributed by atoms with Crippen molar-refractivity contribution in [3.8, 4) is 11.5 Å². The van der Waals surface area contributed by atoms with Gasteiger partial charge in [0.05, 0.1) is 16.2 Å². The number of piperidine rings is 1. The third kappa shape index (κ3) is 4.03. The van der Waals surface area contributed by atoms with E-state index < -0.39 is 0 Å². The van der Waals surface area contributed by atoms with Crippen molar-refractivity contribution in [2.45, 2.75) is 31.7 Å². The van der Waals surface area contributed by atoms with Crippen molar-refractivity contribution in [3.63, 3.8) is 0 Å². The SMILES string of the molecule is CC1CC(c2nc(-c3ccc4ccccc4n3)no2)CCN1C(=O)Nc1ccccc1Cl. The highest BCUT2D eigenvalue weighted by Crippen LogP contribution is 2.32. The van der Waals surface area contributed by atoms with Crippen LogP contribution in [0, 0.1) is 0 Å². The Morgan fingerprint density at radius 3 is 2.75 bits per heavy atom. The fourth-order valence-electron chi connectivity index (χ4n) is 4.14. The second-order valence-electron chi connectivity index (χ2n) is 8.02. The van der Waals surface area contributed by atoms with Crippen LogP contribution in [0.1, 0.15) is 31.6 Å². The van der Waals surface area contributed by atoms with Crippen molar-refractivity contribution in [2.75, 3.05) is 11.9 Å². The number of para-hydroxylation sites is 2. The molecule has 5 rings (SSSR count). The van der Waals surface area contributed by atoms with Gasteiger partial charge in [-0.05, 0) is 44.0 Å². The minimum atomic E-state index is -0.157. The maximum atomic E-state index is 12.8. The van der Waals surface area contributed by atoms with E-state index in [4.69, 9.17) is 16.1 Å². The number of hydrogen-bond donors (Lipinski definition) is 1. The summed E-state index contributed by atoms with van der Waals surface area (Å²) in [4.78, 5) is 23.8. The number of rotatable bonds is 3. The summed E-state index contributed by atoms with van der Waals surface area (Å²) in [6.45, 7) is 2.62. The van der Waals surface area contributed by atoms with Crippen LogP contribution in [-0.4, -0.2) is 38.6 Å². The van der Waals surface area contributed by atoms with Gasteiger partial charge in [0, 0.05) is 23.9 Å². The van der Waals surface area contributed by atoms with Crippen LogP contribution in [0.3, 0.4) is 0 Å². The lowest BCUT2D eigenvalue weighted by molar-refractivity contribution is 0.153. The first-order valence-corrected chi connectivity index (χ1v) is 11.0. The van der Waals surface area contributed by atoms with Crippen LogP contribution < -0.4 is 5.32 Å². The Labute approximate surface area is 190 Å². The van der Waals surface area contributed by atoms with Gasteiger partial charge < -0.3 is 14.7 Å². The monoisotopic (exact) mass is 447 g/mol. The maximum absolute atomic E-state index is 12.8. The molecule has 0 saturated carbocycles. The number of nitrogens with one attached hydrogen (secondary N) is 1. The molecule has 1 fully saturated rings. The molecule has 0 aliphatic carbocycles. The zero-order valence-corrected chi connectivity index (χ0v) is 18.3. The quantitative estimate of drug-likeness (QED) is 0.433. The molecule has 0 bridgehead atoms. The largest absolute Gasteiger partial charge is 0.339 e. The summed E-state index contributed by atoms with van der Waals surface area (Å²) in [7, 11) is 0. The molecule has 2 unspecified atom stereocenters. The fraction of sp³-hybridized carbons (Fsp3) is 0.250. The van der Waals surface area contributed by atoms with E-state index in [-0.39, 0.29) is 18.0 Å². The molecular formula is C24H22ClN5O2. The summed E-state index contributed by atoms with van der Waals surface area (Å²) >= 11 is 6.17. The topological polar surface area (TPSA) is 84.2 Å². The molecule has 0 radical (unpaired) electrons. The molecule has 2 aromatic carbocycles. The van der Waals surface area contributed by atoms with Crippen molar-refractivity contribution < 1.29 is 9.32 Å². The average molecular weight is 448 g/mol. The molecule has 1 saturated heterocycles. The Morgan fingerprint density at radius 1 is 1.09 bits per heavy atom. The number of likely N-dealkylation sites (tertiary alicyclic amines) is 1. The van der Waals surface area contributed by atoms with Crippen molar-refractivity contribution in [1.82, 2.24) is 20.0 Å². The third-order valence-corrected chi connectivity index (χ3v) is 6.20. The third-order valence-electron chi connectivity index (χ3n) is 5.87. The lowest BCUT2D eigenvalue weighted by Crippen LogP contribution is -2.46. The highest BCUT2D eigenvalue weighted by molar-refractivity contribution is 6.33. The van der Waals surface area contributed by atoms with Gasteiger partial charge in [-0.3, -0.25) is 0 Å². The first kappa shape index (κ1) is 20.5. The summed E-state index contributed by atoms with van der Waals surface area (Å²) in [5.41, 5.74) is 2.18. The van der Waals surface area contributed by atoms with E-state index in [1.807, 2.05) is 60.4 Å². The molecule has 2 aromatic heterocycles. The van der Waals surface area contributed by atoms with Crippen LogP contribution >= 0.6 is 11.6 Å². The summed E-state index contributed by atoms with van der Waals surface area (Å²) in [5, 5.41) is 8.64. The minimum absolute atomic E-state index is 0.0189. The van der Waals surface area contributed by atoms with Gasteiger partial charge in [0.15, 0.2) is 0 Å². The molecule has 1 N–H and O–H groups in total. The predicted octanol–water partition coefficient (Wildman–Crippen LogP) is 5.74. The molecular weight excluding hydrogens is 426 g/mol. The van der Waals surface area contributed by atoms with E-state index in [0.29, 0.717) is 34.7 Å². The van der Waals surface area contributed by atoms with E-state index in [0.717, 1.165) is 23.7 Å². The standard InChI is InChI=1S/C24H22ClN5O2/c1-15-14-17(12-13-30(15)24(31)27-20-9-5-3-7-18(20)25)23-28-22(29-32-23)21-11-10-16-6-2-4-8-19(16)26-21/h2-11,15,17H,12-14H2,1H3,(H,27,31). The number of hydrogen-bond acceptors (Lipinski definition) is 5. The van der Waals surface area contributed by atoms with Gasteiger partial charge in [-0.15, -0.1) is 0 Å². The fourth-order valence-corrected chi connectivity index (χ4v) is 4.33. The van der Waals surface area contributed by atoms with Crippen molar-refractivity contribution in [2.24, 2.45) is 0 Å². The van der Waals surface area contributed by atoms with Crippen molar-refractivity contribution in [3.05, 3.63) is 71.6 Å².